The van der Waals surface area contributed by atoms with Gasteiger partial charge in [-0.1, -0.05) is 17.7 Å². The van der Waals surface area contributed by atoms with Gasteiger partial charge in [0.05, 0.1) is 29.2 Å². The van der Waals surface area contributed by atoms with Gasteiger partial charge in [-0.25, -0.2) is 0 Å². The monoisotopic (exact) mass is 359 g/mol. The highest BCUT2D eigenvalue weighted by Crippen LogP contribution is 2.30. The summed E-state index contributed by atoms with van der Waals surface area (Å²) in [6, 6.07) is 4.30. The lowest BCUT2D eigenvalue weighted by atomic mass is 10.2. The molecule has 1 aromatic carbocycles. The van der Waals surface area contributed by atoms with Crippen LogP contribution >= 0.6 is 11.6 Å². The van der Waals surface area contributed by atoms with Crippen LogP contribution in [-0.2, 0) is 6.18 Å². The summed E-state index contributed by atoms with van der Waals surface area (Å²) in [5, 5.41) is 13.4. The normalized spacial score (nSPS) is 18.2. The third-order valence-electron chi connectivity index (χ3n) is 3.82. The van der Waals surface area contributed by atoms with Crippen LogP contribution in [0.5, 0.6) is 0 Å². The highest BCUT2D eigenvalue weighted by atomic mass is 35.5. The lowest BCUT2D eigenvalue weighted by molar-refractivity contribution is -0.137. The van der Waals surface area contributed by atoms with Crippen LogP contribution in [0.2, 0.25) is 5.02 Å². The Morgan fingerprint density at radius 3 is 2.71 bits per heavy atom. The molecule has 2 heterocycles. The van der Waals surface area contributed by atoms with Crippen molar-refractivity contribution >= 4 is 17.3 Å². The molecule has 2 aromatic rings. The molecule has 0 amide bonds. The van der Waals surface area contributed by atoms with Crippen molar-refractivity contribution in [3.05, 3.63) is 51.4 Å². The first-order chi connectivity index (χ1) is 11.3. The second kappa shape index (κ2) is 6.10. The summed E-state index contributed by atoms with van der Waals surface area (Å²) in [4.78, 5) is 14.1. The molecule has 3 rings (SSSR count). The fourth-order valence-electron chi connectivity index (χ4n) is 2.60. The maximum atomic E-state index is 12.8. The Kier molecular flexibility index (Phi) is 4.27. The molecule has 0 spiro atoms. The molecule has 1 N–H and O–H groups in total. The first-order valence-corrected chi connectivity index (χ1v) is 7.53. The average Bonchev–Trinajstić information content (AvgIpc) is 2.95. The van der Waals surface area contributed by atoms with Crippen LogP contribution in [0.4, 0.5) is 18.9 Å². The lowest BCUT2D eigenvalue weighted by Crippen LogP contribution is -2.28. The Balaban J connectivity index is 2.02. The van der Waals surface area contributed by atoms with Gasteiger partial charge in [0, 0.05) is 13.1 Å². The number of benzene rings is 1. The minimum absolute atomic E-state index is 0.0234. The van der Waals surface area contributed by atoms with Gasteiger partial charge in [0.2, 0.25) is 0 Å². The number of aromatic nitrogens is 2. The van der Waals surface area contributed by atoms with Crippen molar-refractivity contribution in [1.29, 1.82) is 0 Å². The van der Waals surface area contributed by atoms with E-state index in [1.165, 1.54) is 18.3 Å². The Hall–Kier alpha value is -2.06. The zero-order valence-corrected chi connectivity index (χ0v) is 13.1. The van der Waals surface area contributed by atoms with Crippen LogP contribution < -0.4 is 10.5 Å². The molecular formula is C15H13ClF3N3O2. The molecule has 1 aliphatic heterocycles. The molecule has 9 heteroatoms. The molecule has 0 radical (unpaired) electrons. The highest BCUT2D eigenvalue weighted by molar-refractivity contribution is 6.33. The van der Waals surface area contributed by atoms with Crippen molar-refractivity contribution < 1.29 is 18.3 Å². The fourth-order valence-corrected chi connectivity index (χ4v) is 2.85. The van der Waals surface area contributed by atoms with Gasteiger partial charge in [0.1, 0.15) is 5.02 Å². The smallest absolute Gasteiger partial charge is 0.391 e. The SMILES string of the molecule is O=c1c(Cl)c(N2CC[C@H](O)C2)cnn1-c1cccc(C(F)(F)F)c1. The van der Waals surface area contributed by atoms with Crippen molar-refractivity contribution in [3.63, 3.8) is 0 Å². The number of alkyl halides is 3. The molecule has 0 unspecified atom stereocenters. The van der Waals surface area contributed by atoms with E-state index in [0.717, 1.165) is 16.8 Å². The third-order valence-corrected chi connectivity index (χ3v) is 4.18. The largest absolute Gasteiger partial charge is 0.416 e. The molecule has 0 aliphatic carbocycles. The highest BCUT2D eigenvalue weighted by Gasteiger charge is 2.31. The molecule has 1 saturated heterocycles. The van der Waals surface area contributed by atoms with Gasteiger partial charge in [-0.05, 0) is 24.6 Å². The molecule has 24 heavy (non-hydrogen) atoms. The Bertz CT molecular complexity index is 822. The molecule has 1 aliphatic rings. The number of hydrogen-bond acceptors (Lipinski definition) is 4. The molecule has 0 bridgehead atoms. The summed E-state index contributed by atoms with van der Waals surface area (Å²) in [6.07, 6.45) is -3.16. The predicted molar refractivity (Wildman–Crippen MR) is 82.7 cm³/mol. The van der Waals surface area contributed by atoms with Gasteiger partial charge in [-0.2, -0.15) is 23.0 Å². The van der Waals surface area contributed by atoms with Crippen molar-refractivity contribution in [3.8, 4) is 5.69 Å². The van der Waals surface area contributed by atoms with E-state index in [0.29, 0.717) is 25.2 Å². The standard InChI is InChI=1S/C15H13ClF3N3O2/c16-13-12(21-5-4-11(23)8-21)7-20-22(14(13)24)10-3-1-2-9(6-10)15(17,18)19/h1-3,6-7,11,23H,4-5,8H2/t11-/m0/s1. The summed E-state index contributed by atoms with van der Waals surface area (Å²) >= 11 is 6.09. The Morgan fingerprint density at radius 2 is 2.08 bits per heavy atom. The number of hydrogen-bond donors (Lipinski definition) is 1. The number of nitrogens with zero attached hydrogens (tertiary/aromatic N) is 3. The topological polar surface area (TPSA) is 58.4 Å². The van der Waals surface area contributed by atoms with Crippen LogP contribution in [0.3, 0.4) is 0 Å². The van der Waals surface area contributed by atoms with Gasteiger partial charge in [-0.3, -0.25) is 4.79 Å². The lowest BCUT2D eigenvalue weighted by Gasteiger charge is -2.19. The maximum absolute atomic E-state index is 12.8. The van der Waals surface area contributed by atoms with E-state index in [2.05, 4.69) is 5.10 Å². The number of rotatable bonds is 2. The van der Waals surface area contributed by atoms with E-state index in [4.69, 9.17) is 11.6 Å². The van der Waals surface area contributed by atoms with Crippen LogP contribution in [0, 0.1) is 0 Å². The summed E-state index contributed by atoms with van der Waals surface area (Å²) in [5.74, 6) is 0. The number of halogens is 4. The summed E-state index contributed by atoms with van der Waals surface area (Å²) in [6.45, 7) is 0.851. The van der Waals surface area contributed by atoms with E-state index in [-0.39, 0.29) is 10.7 Å². The Morgan fingerprint density at radius 1 is 1.33 bits per heavy atom. The maximum Gasteiger partial charge on any atom is 0.416 e. The quantitative estimate of drug-likeness (QED) is 0.895. The van der Waals surface area contributed by atoms with Crippen molar-refractivity contribution in [2.45, 2.75) is 18.7 Å². The van der Waals surface area contributed by atoms with E-state index in [1.54, 1.807) is 4.90 Å². The van der Waals surface area contributed by atoms with Crippen LogP contribution in [0.1, 0.15) is 12.0 Å². The van der Waals surface area contributed by atoms with Gasteiger partial charge < -0.3 is 10.0 Å². The number of aliphatic hydroxyl groups excluding tert-OH is 1. The third kappa shape index (κ3) is 3.11. The van der Waals surface area contributed by atoms with Gasteiger partial charge in [0.15, 0.2) is 0 Å². The van der Waals surface area contributed by atoms with Gasteiger partial charge in [-0.15, -0.1) is 0 Å². The van der Waals surface area contributed by atoms with E-state index < -0.39 is 23.4 Å². The number of aliphatic hydroxyl groups is 1. The zero-order valence-electron chi connectivity index (χ0n) is 12.3. The molecule has 1 fully saturated rings. The molecular weight excluding hydrogens is 347 g/mol. The first kappa shape index (κ1) is 16.8. The molecule has 1 atom stereocenters. The zero-order chi connectivity index (χ0) is 17.5. The predicted octanol–water partition coefficient (Wildman–Crippen LogP) is 2.48. The number of β-amino-alcohol motifs (C(OH)–C–C–N with tert-alkyl or cyclic N) is 1. The van der Waals surface area contributed by atoms with Crippen molar-refractivity contribution in [2.24, 2.45) is 0 Å². The van der Waals surface area contributed by atoms with Gasteiger partial charge in [0.25, 0.3) is 5.56 Å². The molecule has 1 aromatic heterocycles. The van der Waals surface area contributed by atoms with E-state index in [1.807, 2.05) is 0 Å². The first-order valence-electron chi connectivity index (χ1n) is 7.16. The molecule has 5 nitrogen and oxygen atoms in total. The number of anilines is 1. The Labute approximate surface area is 139 Å². The van der Waals surface area contributed by atoms with Crippen LogP contribution in [0.25, 0.3) is 5.69 Å². The summed E-state index contributed by atoms with van der Waals surface area (Å²) in [7, 11) is 0. The van der Waals surface area contributed by atoms with E-state index >= 15 is 0 Å². The minimum atomic E-state index is -4.52. The summed E-state index contributed by atoms with van der Waals surface area (Å²) < 4.78 is 39.2. The molecule has 0 saturated carbocycles. The van der Waals surface area contributed by atoms with Crippen LogP contribution in [-0.4, -0.2) is 34.1 Å². The van der Waals surface area contributed by atoms with Crippen LogP contribution in [0.15, 0.2) is 35.3 Å². The minimum Gasteiger partial charge on any atom is -0.391 e. The van der Waals surface area contributed by atoms with Crippen molar-refractivity contribution in [1.82, 2.24) is 9.78 Å². The summed E-state index contributed by atoms with van der Waals surface area (Å²) in [5.41, 5.74) is -1.25. The average molecular weight is 360 g/mol. The van der Waals surface area contributed by atoms with E-state index in [9.17, 15) is 23.1 Å². The van der Waals surface area contributed by atoms with Gasteiger partial charge >= 0.3 is 6.18 Å². The fraction of sp³-hybridized carbons (Fsp3) is 0.333. The second-order valence-corrected chi connectivity index (χ2v) is 5.88. The van der Waals surface area contributed by atoms with Crippen molar-refractivity contribution in [2.75, 3.05) is 18.0 Å². The molecule has 128 valence electrons. The second-order valence-electron chi connectivity index (χ2n) is 5.50.